The van der Waals surface area contributed by atoms with E-state index in [1.807, 2.05) is 18.2 Å². The van der Waals surface area contributed by atoms with Gasteiger partial charge in [-0.1, -0.05) is 18.2 Å². The predicted octanol–water partition coefficient (Wildman–Crippen LogP) is 3.50. The second-order valence-corrected chi connectivity index (χ2v) is 9.35. The molecule has 0 saturated carbocycles. The molecule has 1 unspecified atom stereocenters. The third-order valence-corrected chi connectivity index (χ3v) is 6.99. The average molecular weight is 467 g/mol. The summed E-state index contributed by atoms with van der Waals surface area (Å²) in [4.78, 5) is 0.128. The minimum absolute atomic E-state index is 0.0396. The molecule has 162 valence electrons. The highest BCUT2D eigenvalue weighted by Gasteiger charge is 2.19. The van der Waals surface area contributed by atoms with Crippen LogP contribution in [-0.4, -0.2) is 28.8 Å². The van der Waals surface area contributed by atoms with Crippen LogP contribution < -0.4 is 5.06 Å². The van der Waals surface area contributed by atoms with Gasteiger partial charge in [0.1, 0.15) is 11.4 Å². The Labute approximate surface area is 187 Å². The Morgan fingerprint density at radius 3 is 2.47 bits per heavy atom. The highest BCUT2D eigenvalue weighted by molar-refractivity contribution is 7.91. The van der Waals surface area contributed by atoms with Gasteiger partial charge in [-0.3, -0.25) is 0 Å². The van der Waals surface area contributed by atoms with Crippen molar-refractivity contribution in [2.24, 2.45) is 0 Å². The van der Waals surface area contributed by atoms with Crippen LogP contribution in [0, 0.1) is 11.3 Å². The molecule has 0 amide bonds. The first kappa shape index (κ1) is 21.7. The molecule has 8 nitrogen and oxygen atoms in total. The number of hydrogen-bond donors (Lipinski definition) is 0. The molecule has 0 aliphatic carbocycles. The number of sulfone groups is 1. The Kier molecular flexibility index (Phi) is 5.82. The largest absolute Gasteiger partial charge is 0.748 e. The van der Waals surface area contributed by atoms with Gasteiger partial charge in [0.15, 0.2) is 0 Å². The van der Waals surface area contributed by atoms with E-state index in [1.54, 1.807) is 47.2 Å². The number of rotatable bonds is 6. The minimum atomic E-state index is -3.83. The van der Waals surface area contributed by atoms with Crippen molar-refractivity contribution in [2.75, 3.05) is 12.1 Å². The zero-order valence-electron chi connectivity index (χ0n) is 16.7. The first-order valence-electron chi connectivity index (χ1n) is 9.28. The van der Waals surface area contributed by atoms with Crippen LogP contribution >= 0.6 is 0 Å². The Morgan fingerprint density at radius 1 is 1.03 bits per heavy atom. The van der Waals surface area contributed by atoms with Crippen molar-refractivity contribution in [1.82, 2.24) is 4.57 Å². The summed E-state index contributed by atoms with van der Waals surface area (Å²) in [6.45, 7) is 0. The molecule has 4 rings (SSSR count). The molecule has 10 heteroatoms. The van der Waals surface area contributed by atoms with E-state index in [1.165, 1.54) is 31.3 Å². The monoisotopic (exact) mass is 466 g/mol. The van der Waals surface area contributed by atoms with E-state index in [9.17, 15) is 17.2 Å². The average Bonchev–Trinajstić information content (AvgIpc) is 3.22. The number of benzene rings is 3. The van der Waals surface area contributed by atoms with Gasteiger partial charge >= 0.3 is 0 Å². The normalized spacial score (nSPS) is 12.4. The quantitative estimate of drug-likeness (QED) is 0.315. The van der Waals surface area contributed by atoms with E-state index < -0.39 is 21.2 Å². The first-order chi connectivity index (χ1) is 15.3. The van der Waals surface area contributed by atoms with Crippen LogP contribution in [0.2, 0.25) is 0 Å². The molecule has 0 radical (unpaired) electrons. The molecule has 1 heterocycles. The van der Waals surface area contributed by atoms with Crippen LogP contribution in [-0.2, 0) is 25.5 Å². The molecule has 0 aliphatic heterocycles. The zero-order chi connectivity index (χ0) is 22.9. The number of hydrogen-bond acceptors (Lipinski definition) is 7. The minimum Gasteiger partial charge on any atom is -0.748 e. The summed E-state index contributed by atoms with van der Waals surface area (Å²) in [5.74, 6) is 0. The van der Waals surface area contributed by atoms with E-state index in [0.717, 1.165) is 16.0 Å². The summed E-state index contributed by atoms with van der Waals surface area (Å²) >= 11 is -2.71. The summed E-state index contributed by atoms with van der Waals surface area (Å²) in [7, 11) is -2.37. The first-order valence-corrected chi connectivity index (χ1v) is 11.8. The van der Waals surface area contributed by atoms with E-state index in [0.29, 0.717) is 11.4 Å². The highest BCUT2D eigenvalue weighted by Crippen LogP contribution is 2.28. The van der Waals surface area contributed by atoms with Gasteiger partial charge in [0.25, 0.3) is 0 Å². The molecule has 0 bridgehead atoms. The molecule has 0 spiro atoms. The molecular formula is C22H16N3O5S2-. The fourth-order valence-corrected chi connectivity index (χ4v) is 4.96. The number of nitriles is 1. The van der Waals surface area contributed by atoms with Gasteiger partial charge in [-0.2, -0.15) is 9.55 Å². The highest BCUT2D eigenvalue weighted by atomic mass is 32.2. The number of fused-ring (bicyclic) bond motifs is 1. The third kappa shape index (κ3) is 4.15. The van der Waals surface area contributed by atoms with Crippen LogP contribution in [0.25, 0.3) is 16.6 Å². The lowest BCUT2D eigenvalue weighted by molar-refractivity contribution is 0.289. The SMILES string of the molecule is CN(OS(=O)[O-])c1ccc2ccn(-c3cccc(S(=O)(=O)c4cccc(C#N)c4)c3)c2c1. The second-order valence-electron chi connectivity index (χ2n) is 6.85. The van der Waals surface area contributed by atoms with Crippen LogP contribution in [0.5, 0.6) is 0 Å². The van der Waals surface area contributed by atoms with E-state index in [-0.39, 0.29) is 15.4 Å². The van der Waals surface area contributed by atoms with Crippen LogP contribution in [0.3, 0.4) is 0 Å². The third-order valence-electron chi connectivity index (χ3n) is 4.89. The van der Waals surface area contributed by atoms with Gasteiger partial charge in [-0.25, -0.2) is 17.7 Å². The molecule has 4 aromatic rings. The molecule has 1 aromatic heterocycles. The van der Waals surface area contributed by atoms with E-state index in [4.69, 9.17) is 5.26 Å². The summed E-state index contributed by atoms with van der Waals surface area (Å²) in [6.07, 6.45) is 1.79. The molecule has 32 heavy (non-hydrogen) atoms. The van der Waals surface area contributed by atoms with Crippen molar-refractivity contribution in [3.63, 3.8) is 0 Å². The van der Waals surface area contributed by atoms with Crippen LogP contribution in [0.15, 0.2) is 88.8 Å². The fourth-order valence-electron chi connectivity index (χ4n) is 3.34. The van der Waals surface area contributed by atoms with Crippen molar-refractivity contribution >= 4 is 37.8 Å². The maximum Gasteiger partial charge on any atom is 0.206 e. The molecule has 0 fully saturated rings. The molecular weight excluding hydrogens is 450 g/mol. The fraction of sp³-hybridized carbons (Fsp3) is 0.0455. The Balaban J connectivity index is 1.78. The Morgan fingerprint density at radius 2 is 1.75 bits per heavy atom. The van der Waals surface area contributed by atoms with Crippen molar-refractivity contribution in [3.8, 4) is 11.8 Å². The van der Waals surface area contributed by atoms with Crippen molar-refractivity contribution in [1.29, 1.82) is 5.26 Å². The van der Waals surface area contributed by atoms with Gasteiger partial charge in [0.05, 0.1) is 32.6 Å². The van der Waals surface area contributed by atoms with Gasteiger partial charge < -0.3 is 9.12 Å². The lowest BCUT2D eigenvalue weighted by atomic mass is 10.2. The zero-order valence-corrected chi connectivity index (χ0v) is 18.3. The summed E-state index contributed by atoms with van der Waals surface area (Å²) in [6, 6.07) is 21.4. The van der Waals surface area contributed by atoms with Crippen molar-refractivity contribution in [2.45, 2.75) is 9.79 Å². The summed E-state index contributed by atoms with van der Waals surface area (Å²) in [5, 5.41) is 11.1. The Hall–Kier alpha value is -3.49. The number of anilines is 1. The van der Waals surface area contributed by atoms with Crippen molar-refractivity contribution < 1.29 is 21.5 Å². The van der Waals surface area contributed by atoms with Gasteiger partial charge in [-0.05, 0) is 54.6 Å². The molecule has 0 saturated heterocycles. The smallest absolute Gasteiger partial charge is 0.206 e. The maximum atomic E-state index is 13.1. The molecule has 0 N–H and O–H groups in total. The van der Waals surface area contributed by atoms with E-state index in [2.05, 4.69) is 4.28 Å². The molecule has 1 atom stereocenters. The lowest BCUT2D eigenvalue weighted by Crippen LogP contribution is -2.18. The maximum absolute atomic E-state index is 13.1. The Bertz CT molecular complexity index is 1490. The molecule has 3 aromatic carbocycles. The lowest BCUT2D eigenvalue weighted by Gasteiger charge is -2.19. The number of hydroxylamine groups is 1. The van der Waals surface area contributed by atoms with E-state index >= 15 is 0 Å². The van der Waals surface area contributed by atoms with Gasteiger partial charge in [0.2, 0.25) is 9.84 Å². The second kappa shape index (κ2) is 8.57. The standard InChI is InChI=1S/C22H17N3O5S2/c1-24(30-31(26)27)18-9-8-17-10-11-25(22(17)14-18)19-5-3-7-21(13-19)32(28,29)20-6-2-4-16(12-20)15-23/h2-14H,1H3,(H,26,27)/p-1. The molecule has 0 aliphatic rings. The predicted molar refractivity (Wildman–Crippen MR) is 118 cm³/mol. The van der Waals surface area contributed by atoms with Crippen LogP contribution in [0.1, 0.15) is 5.56 Å². The summed E-state index contributed by atoms with van der Waals surface area (Å²) < 4.78 is 54.4. The van der Waals surface area contributed by atoms with Crippen LogP contribution in [0.4, 0.5) is 5.69 Å². The van der Waals surface area contributed by atoms with Crippen molar-refractivity contribution in [3.05, 3.63) is 84.6 Å². The van der Waals surface area contributed by atoms with Gasteiger partial charge in [0, 0.05) is 24.3 Å². The van der Waals surface area contributed by atoms with Gasteiger partial charge in [-0.15, -0.1) is 0 Å². The number of nitrogens with zero attached hydrogens (tertiary/aromatic N) is 3. The topological polar surface area (TPSA) is 115 Å². The summed E-state index contributed by atoms with van der Waals surface area (Å²) in [5.41, 5.74) is 2.09. The number of aromatic nitrogens is 1.